The molecular formula is C28H24N2O3. The molecule has 0 aliphatic heterocycles. The number of amides is 2. The molecule has 0 aliphatic carbocycles. The molecule has 2 N–H and O–H groups in total. The van der Waals surface area contributed by atoms with Crippen LogP contribution in [-0.4, -0.2) is 11.8 Å². The molecule has 4 rings (SSSR count). The van der Waals surface area contributed by atoms with E-state index in [4.69, 9.17) is 4.42 Å². The van der Waals surface area contributed by atoms with Crippen molar-refractivity contribution in [3.8, 4) is 0 Å². The van der Waals surface area contributed by atoms with Gasteiger partial charge in [0.2, 0.25) is 0 Å². The molecule has 1 heterocycles. The molecule has 0 spiro atoms. The monoisotopic (exact) mass is 436 g/mol. The number of rotatable bonds is 7. The number of benzene rings is 3. The Balaban J connectivity index is 1.65. The molecule has 0 aliphatic rings. The quantitative estimate of drug-likeness (QED) is 0.388. The second kappa shape index (κ2) is 10.3. The van der Waals surface area contributed by atoms with Crippen LogP contribution in [0.5, 0.6) is 0 Å². The molecule has 1 atom stereocenters. The summed E-state index contributed by atoms with van der Waals surface area (Å²) in [6.45, 7) is 2.02. The maximum atomic E-state index is 13.4. The van der Waals surface area contributed by atoms with E-state index in [0.29, 0.717) is 11.3 Å². The third kappa shape index (κ3) is 5.66. The summed E-state index contributed by atoms with van der Waals surface area (Å²) in [4.78, 5) is 26.2. The molecule has 0 saturated carbocycles. The lowest BCUT2D eigenvalue weighted by atomic mass is 9.97. The van der Waals surface area contributed by atoms with Crippen LogP contribution in [0, 0.1) is 6.92 Å². The van der Waals surface area contributed by atoms with Crippen molar-refractivity contribution < 1.29 is 14.0 Å². The third-order valence-electron chi connectivity index (χ3n) is 5.18. The highest BCUT2D eigenvalue weighted by atomic mass is 16.3. The minimum atomic E-state index is -0.426. The Morgan fingerprint density at radius 2 is 1.42 bits per heavy atom. The van der Waals surface area contributed by atoms with E-state index in [9.17, 15) is 9.59 Å². The van der Waals surface area contributed by atoms with E-state index in [2.05, 4.69) is 10.6 Å². The van der Waals surface area contributed by atoms with Crippen LogP contribution in [0.3, 0.4) is 0 Å². The van der Waals surface area contributed by atoms with Crippen LogP contribution in [0.25, 0.3) is 6.08 Å². The number of hydrogen-bond acceptors (Lipinski definition) is 3. The first-order valence-corrected chi connectivity index (χ1v) is 10.6. The number of carbonyl (C=O) groups is 2. The van der Waals surface area contributed by atoms with Crippen LogP contribution >= 0.6 is 0 Å². The third-order valence-corrected chi connectivity index (χ3v) is 5.18. The molecule has 3 aromatic carbocycles. The smallest absolute Gasteiger partial charge is 0.268 e. The second-order valence-electron chi connectivity index (χ2n) is 7.62. The van der Waals surface area contributed by atoms with E-state index in [1.807, 2.05) is 67.6 Å². The molecule has 5 heteroatoms. The Bertz CT molecular complexity index is 1230. The molecule has 2 amide bonds. The van der Waals surface area contributed by atoms with Crippen LogP contribution in [0.1, 0.15) is 38.9 Å². The van der Waals surface area contributed by atoms with Crippen molar-refractivity contribution in [2.24, 2.45) is 0 Å². The summed E-state index contributed by atoms with van der Waals surface area (Å²) in [7, 11) is 0. The van der Waals surface area contributed by atoms with Gasteiger partial charge in [-0.15, -0.1) is 0 Å². The van der Waals surface area contributed by atoms with E-state index in [0.717, 1.165) is 16.7 Å². The zero-order valence-electron chi connectivity index (χ0n) is 18.2. The van der Waals surface area contributed by atoms with Gasteiger partial charge in [-0.1, -0.05) is 78.4 Å². The van der Waals surface area contributed by atoms with Gasteiger partial charge in [0.25, 0.3) is 11.8 Å². The van der Waals surface area contributed by atoms with Crippen molar-refractivity contribution in [3.63, 3.8) is 0 Å². The van der Waals surface area contributed by atoms with Gasteiger partial charge in [0, 0.05) is 11.6 Å². The molecule has 1 aromatic heterocycles. The first kappa shape index (κ1) is 21.8. The summed E-state index contributed by atoms with van der Waals surface area (Å²) in [5, 5.41) is 5.81. The summed E-state index contributed by atoms with van der Waals surface area (Å²) >= 11 is 0. The molecule has 33 heavy (non-hydrogen) atoms. The largest absolute Gasteiger partial charge is 0.465 e. The van der Waals surface area contributed by atoms with Crippen LogP contribution < -0.4 is 10.6 Å². The lowest BCUT2D eigenvalue weighted by Crippen LogP contribution is -2.37. The number of aryl methyl sites for hydroxylation is 1. The standard InChI is InChI=1S/C28H24N2O3/c1-20-14-16-22(17-15-20)26(21-9-4-2-5-10-21)30-28(32)25(19-24-13-8-18-33-24)29-27(31)23-11-6-3-7-12-23/h2-19,26H,1H3,(H,29,31)(H,30,32)/b25-19-/t26-/m1/s1. The van der Waals surface area contributed by atoms with E-state index in [-0.39, 0.29) is 11.6 Å². The maximum Gasteiger partial charge on any atom is 0.268 e. The molecule has 0 fully saturated rings. The van der Waals surface area contributed by atoms with Gasteiger partial charge in [-0.25, -0.2) is 0 Å². The van der Waals surface area contributed by atoms with Crippen molar-refractivity contribution in [2.75, 3.05) is 0 Å². The molecule has 164 valence electrons. The van der Waals surface area contributed by atoms with Crippen molar-refractivity contribution >= 4 is 17.9 Å². The topological polar surface area (TPSA) is 71.3 Å². The van der Waals surface area contributed by atoms with Crippen molar-refractivity contribution in [1.82, 2.24) is 10.6 Å². The van der Waals surface area contributed by atoms with E-state index in [1.165, 1.54) is 12.3 Å². The molecule has 0 unspecified atom stereocenters. The van der Waals surface area contributed by atoms with Gasteiger partial charge in [0.15, 0.2) is 0 Å². The van der Waals surface area contributed by atoms with Crippen LogP contribution in [0.15, 0.2) is 113 Å². The maximum absolute atomic E-state index is 13.4. The molecule has 4 aromatic rings. The summed E-state index contributed by atoms with van der Waals surface area (Å²) < 4.78 is 5.38. The Kier molecular flexibility index (Phi) is 6.81. The lowest BCUT2D eigenvalue weighted by molar-refractivity contribution is -0.118. The molecule has 5 nitrogen and oxygen atoms in total. The van der Waals surface area contributed by atoms with Gasteiger partial charge in [-0.3, -0.25) is 9.59 Å². The fourth-order valence-corrected chi connectivity index (χ4v) is 3.43. The van der Waals surface area contributed by atoms with E-state index >= 15 is 0 Å². The van der Waals surface area contributed by atoms with Gasteiger partial charge in [-0.2, -0.15) is 0 Å². The normalized spacial score (nSPS) is 12.1. The fourth-order valence-electron chi connectivity index (χ4n) is 3.43. The SMILES string of the molecule is Cc1ccc([C@H](NC(=O)/C(=C/c2ccco2)NC(=O)c2ccccc2)c2ccccc2)cc1. The summed E-state index contributed by atoms with van der Waals surface area (Å²) in [5.41, 5.74) is 3.54. The number of nitrogens with one attached hydrogen (secondary N) is 2. The molecule has 0 saturated heterocycles. The Hall–Kier alpha value is -4.38. The van der Waals surface area contributed by atoms with Crippen molar-refractivity contribution in [3.05, 3.63) is 137 Å². The van der Waals surface area contributed by atoms with Crippen LogP contribution in [-0.2, 0) is 4.79 Å². The highest BCUT2D eigenvalue weighted by Crippen LogP contribution is 2.23. The summed E-state index contributed by atoms with van der Waals surface area (Å²) in [6.07, 6.45) is 3.03. The van der Waals surface area contributed by atoms with Gasteiger partial charge >= 0.3 is 0 Å². The average Bonchev–Trinajstić information content (AvgIpc) is 3.37. The van der Waals surface area contributed by atoms with Crippen molar-refractivity contribution in [2.45, 2.75) is 13.0 Å². The zero-order chi connectivity index (χ0) is 23.0. The highest BCUT2D eigenvalue weighted by molar-refractivity contribution is 6.05. The molecule has 0 bridgehead atoms. The minimum Gasteiger partial charge on any atom is -0.465 e. The average molecular weight is 437 g/mol. The second-order valence-corrected chi connectivity index (χ2v) is 7.62. The zero-order valence-corrected chi connectivity index (χ0v) is 18.2. The lowest BCUT2D eigenvalue weighted by Gasteiger charge is -2.21. The van der Waals surface area contributed by atoms with Gasteiger partial charge in [0.1, 0.15) is 11.5 Å². The Labute approximate surface area is 192 Å². The van der Waals surface area contributed by atoms with Gasteiger partial charge in [0.05, 0.1) is 12.3 Å². The number of furan rings is 1. The van der Waals surface area contributed by atoms with E-state index in [1.54, 1.807) is 36.4 Å². The summed E-state index contributed by atoms with van der Waals surface area (Å²) in [6, 6.07) is 29.5. The molecular weight excluding hydrogens is 412 g/mol. The van der Waals surface area contributed by atoms with Crippen LogP contribution in [0.4, 0.5) is 0 Å². The molecule has 0 radical (unpaired) electrons. The highest BCUT2D eigenvalue weighted by Gasteiger charge is 2.21. The predicted molar refractivity (Wildman–Crippen MR) is 128 cm³/mol. The summed E-state index contributed by atoms with van der Waals surface area (Å²) in [5.74, 6) is -0.347. The Morgan fingerprint density at radius 1 is 0.788 bits per heavy atom. The van der Waals surface area contributed by atoms with E-state index < -0.39 is 11.9 Å². The first-order chi connectivity index (χ1) is 16.1. The first-order valence-electron chi connectivity index (χ1n) is 10.6. The van der Waals surface area contributed by atoms with Crippen LogP contribution in [0.2, 0.25) is 0 Å². The number of hydrogen-bond donors (Lipinski definition) is 2. The van der Waals surface area contributed by atoms with Gasteiger partial charge in [-0.05, 0) is 42.3 Å². The number of carbonyl (C=O) groups excluding carboxylic acids is 2. The fraction of sp³-hybridized carbons (Fsp3) is 0.0714. The Morgan fingerprint density at radius 3 is 2.06 bits per heavy atom. The minimum absolute atomic E-state index is 0.0897. The van der Waals surface area contributed by atoms with Crippen molar-refractivity contribution in [1.29, 1.82) is 0 Å². The van der Waals surface area contributed by atoms with Gasteiger partial charge < -0.3 is 15.1 Å². The predicted octanol–water partition coefficient (Wildman–Crippen LogP) is 5.26.